The number of nitrogens with zero attached hydrogens (tertiary/aromatic N) is 1. The summed E-state index contributed by atoms with van der Waals surface area (Å²) in [5.41, 5.74) is 0. The van der Waals surface area contributed by atoms with Crippen molar-refractivity contribution in [3.05, 3.63) is 16.6 Å². The summed E-state index contributed by atoms with van der Waals surface area (Å²) in [6, 6.07) is 0. The molecule has 1 aliphatic rings. The Morgan fingerprint density at radius 2 is 2.07 bits per heavy atom. The minimum absolute atomic E-state index is 0.733. The number of piperidine rings is 1. The minimum Gasteiger partial charge on any atom is -0.317 e. The normalized spacial score (nSPS) is 17.3. The highest BCUT2D eigenvalue weighted by Crippen LogP contribution is 2.26. The van der Waals surface area contributed by atoms with Gasteiger partial charge >= 0.3 is 0 Å². The van der Waals surface area contributed by atoms with E-state index in [0.717, 1.165) is 19.0 Å². The molecule has 0 aliphatic carbocycles. The zero-order valence-electron chi connectivity index (χ0n) is 9.12. The van der Waals surface area contributed by atoms with Gasteiger partial charge in [0.15, 0.2) is 0 Å². The van der Waals surface area contributed by atoms with Crippen LogP contribution in [0.4, 0.5) is 0 Å². The Bertz CT molecular complexity index is 215. The number of rotatable bonds is 1. The first-order chi connectivity index (χ1) is 6.88. The predicted octanol–water partition coefficient (Wildman–Crippen LogP) is 3.03. The Kier molecular flexibility index (Phi) is 5.80. The molecule has 0 radical (unpaired) electrons. The highest BCUT2D eigenvalue weighted by atomic mass is 32.1. The monoisotopic (exact) mass is 212 g/mol. The van der Waals surface area contributed by atoms with E-state index in [0.29, 0.717) is 0 Å². The Labute approximate surface area is 90.8 Å². The van der Waals surface area contributed by atoms with Crippen LogP contribution in [0.1, 0.15) is 44.0 Å². The van der Waals surface area contributed by atoms with Gasteiger partial charge in [-0.25, -0.2) is 4.98 Å². The van der Waals surface area contributed by atoms with Gasteiger partial charge in [-0.2, -0.15) is 0 Å². The summed E-state index contributed by atoms with van der Waals surface area (Å²) in [5.74, 6) is 0.733. The van der Waals surface area contributed by atoms with E-state index in [-0.39, 0.29) is 0 Å². The fourth-order valence-electron chi connectivity index (χ4n) is 1.50. The molecule has 1 saturated heterocycles. The zero-order valence-corrected chi connectivity index (χ0v) is 9.94. The van der Waals surface area contributed by atoms with Gasteiger partial charge in [-0.05, 0) is 25.9 Å². The van der Waals surface area contributed by atoms with Gasteiger partial charge in [0.1, 0.15) is 0 Å². The van der Waals surface area contributed by atoms with Gasteiger partial charge in [0.25, 0.3) is 0 Å². The second-order valence-electron chi connectivity index (χ2n) is 3.60. The lowest BCUT2D eigenvalue weighted by atomic mass is 9.99. The lowest BCUT2D eigenvalue weighted by Gasteiger charge is -2.20. The fourth-order valence-corrected chi connectivity index (χ4v) is 2.32. The van der Waals surface area contributed by atoms with Crippen LogP contribution < -0.4 is 5.32 Å². The van der Waals surface area contributed by atoms with Crippen molar-refractivity contribution in [1.82, 2.24) is 10.3 Å². The fraction of sp³-hybridized carbons (Fsp3) is 0.727. The third-order valence-electron chi connectivity index (χ3n) is 2.14. The van der Waals surface area contributed by atoms with Gasteiger partial charge in [0.05, 0.1) is 5.01 Å². The lowest BCUT2D eigenvalue weighted by molar-refractivity contribution is 0.459. The molecule has 1 N–H and O–H groups in total. The number of nitrogens with one attached hydrogen (secondary N) is 1. The van der Waals surface area contributed by atoms with E-state index in [1.807, 2.05) is 6.20 Å². The summed E-state index contributed by atoms with van der Waals surface area (Å²) in [5, 5.41) is 6.75. The second-order valence-corrected chi connectivity index (χ2v) is 4.53. The van der Waals surface area contributed by atoms with Crippen molar-refractivity contribution in [1.29, 1.82) is 0 Å². The molecule has 1 fully saturated rings. The van der Waals surface area contributed by atoms with Crippen molar-refractivity contribution in [2.45, 2.75) is 39.0 Å². The molecule has 1 aliphatic heterocycles. The van der Waals surface area contributed by atoms with Crippen LogP contribution in [0.3, 0.4) is 0 Å². The highest BCUT2D eigenvalue weighted by molar-refractivity contribution is 7.09. The van der Waals surface area contributed by atoms with Gasteiger partial charge < -0.3 is 5.32 Å². The van der Waals surface area contributed by atoms with Crippen molar-refractivity contribution < 1.29 is 0 Å². The van der Waals surface area contributed by atoms with Crippen LogP contribution in [-0.4, -0.2) is 18.1 Å². The molecule has 14 heavy (non-hydrogen) atoms. The summed E-state index contributed by atoms with van der Waals surface area (Å²) in [7, 11) is 0. The van der Waals surface area contributed by atoms with Crippen molar-refractivity contribution >= 4 is 11.3 Å². The van der Waals surface area contributed by atoms with Crippen molar-refractivity contribution in [3.63, 3.8) is 0 Å². The minimum atomic E-state index is 0.733. The van der Waals surface area contributed by atoms with Gasteiger partial charge in [-0.15, -0.1) is 11.3 Å². The molecular weight excluding hydrogens is 192 g/mol. The molecule has 0 bridgehead atoms. The van der Waals surface area contributed by atoms with Crippen LogP contribution in [0.5, 0.6) is 0 Å². The van der Waals surface area contributed by atoms with Crippen LogP contribution >= 0.6 is 11.3 Å². The summed E-state index contributed by atoms with van der Waals surface area (Å²) in [6.45, 7) is 6.56. The van der Waals surface area contributed by atoms with E-state index in [4.69, 9.17) is 0 Å². The molecule has 0 saturated carbocycles. The van der Waals surface area contributed by atoms with Crippen LogP contribution in [0.15, 0.2) is 11.6 Å². The average molecular weight is 212 g/mol. The van der Waals surface area contributed by atoms with Gasteiger partial charge in [0, 0.05) is 17.5 Å². The van der Waals surface area contributed by atoms with Crippen molar-refractivity contribution in [3.8, 4) is 0 Å². The Morgan fingerprint density at radius 3 is 2.57 bits per heavy atom. The Hall–Kier alpha value is -0.410. The van der Waals surface area contributed by atoms with Crippen molar-refractivity contribution in [2.24, 2.45) is 0 Å². The van der Waals surface area contributed by atoms with Crippen LogP contribution in [0.2, 0.25) is 0 Å². The van der Waals surface area contributed by atoms with Gasteiger partial charge in [0.2, 0.25) is 0 Å². The molecule has 0 amide bonds. The van der Waals surface area contributed by atoms with E-state index in [2.05, 4.69) is 29.5 Å². The number of aromatic nitrogens is 1. The molecule has 0 unspecified atom stereocenters. The summed E-state index contributed by atoms with van der Waals surface area (Å²) in [6.07, 6.45) is 5.67. The van der Waals surface area contributed by atoms with Crippen molar-refractivity contribution in [2.75, 3.05) is 13.1 Å². The molecule has 1 aromatic heterocycles. The number of thiazole rings is 1. The lowest BCUT2D eigenvalue weighted by Crippen LogP contribution is -2.26. The molecule has 0 atom stereocenters. The molecule has 2 nitrogen and oxygen atoms in total. The quantitative estimate of drug-likeness (QED) is 0.774. The third kappa shape index (κ3) is 3.76. The molecule has 2 rings (SSSR count). The SMILES string of the molecule is CCC.c1csc(C2CCNCC2)n1. The largest absolute Gasteiger partial charge is 0.317 e. The summed E-state index contributed by atoms with van der Waals surface area (Å²) in [4.78, 5) is 4.33. The third-order valence-corrected chi connectivity index (χ3v) is 3.08. The Balaban J connectivity index is 0.000000293. The predicted molar refractivity (Wildman–Crippen MR) is 62.9 cm³/mol. The molecule has 1 aromatic rings. The molecule has 2 heterocycles. The van der Waals surface area contributed by atoms with E-state index in [9.17, 15) is 0 Å². The first kappa shape index (κ1) is 11.7. The summed E-state index contributed by atoms with van der Waals surface area (Å²) < 4.78 is 0. The first-order valence-electron chi connectivity index (χ1n) is 5.48. The number of hydrogen-bond acceptors (Lipinski definition) is 3. The Morgan fingerprint density at radius 1 is 1.43 bits per heavy atom. The standard InChI is InChI=1S/C8H12N2S.C3H8/c1-3-9-4-2-7(1)8-10-5-6-11-8;1-3-2/h5-7,9H,1-4H2;3H2,1-2H3. The molecule has 3 heteroatoms. The zero-order chi connectivity index (χ0) is 10.2. The maximum Gasteiger partial charge on any atom is 0.0956 e. The highest BCUT2D eigenvalue weighted by Gasteiger charge is 2.16. The van der Waals surface area contributed by atoms with E-state index in [1.54, 1.807) is 11.3 Å². The molecule has 0 spiro atoms. The maximum atomic E-state index is 4.33. The van der Waals surface area contributed by atoms with Gasteiger partial charge in [-0.1, -0.05) is 20.3 Å². The van der Waals surface area contributed by atoms with Gasteiger partial charge in [-0.3, -0.25) is 0 Å². The van der Waals surface area contributed by atoms with E-state index < -0.39 is 0 Å². The van der Waals surface area contributed by atoms with Crippen LogP contribution in [0.25, 0.3) is 0 Å². The van der Waals surface area contributed by atoms with E-state index in [1.165, 1.54) is 24.3 Å². The van der Waals surface area contributed by atoms with Crippen LogP contribution in [0, 0.1) is 0 Å². The topological polar surface area (TPSA) is 24.9 Å². The maximum absolute atomic E-state index is 4.33. The average Bonchev–Trinajstić information content (AvgIpc) is 2.73. The first-order valence-corrected chi connectivity index (χ1v) is 6.36. The van der Waals surface area contributed by atoms with E-state index >= 15 is 0 Å². The molecule has 80 valence electrons. The molecular formula is C11H20N2S. The number of hydrogen-bond donors (Lipinski definition) is 1. The second kappa shape index (κ2) is 6.96. The summed E-state index contributed by atoms with van der Waals surface area (Å²) >= 11 is 1.79. The van der Waals surface area contributed by atoms with Crippen LogP contribution in [-0.2, 0) is 0 Å². The smallest absolute Gasteiger partial charge is 0.0956 e. The molecule has 0 aromatic carbocycles.